The number of carbonyl (C=O) groups is 1. The Morgan fingerprint density at radius 3 is 2.50 bits per heavy atom. The van der Waals surface area contributed by atoms with Crippen molar-refractivity contribution in [3.63, 3.8) is 0 Å². The van der Waals surface area contributed by atoms with Crippen molar-refractivity contribution in [3.8, 4) is 11.5 Å². The first-order valence-corrected chi connectivity index (χ1v) is 4.82. The SMILES string of the molecule is COC(=O)c1ccc(-c2ncc(C)o2)cc1. The third-order valence-corrected chi connectivity index (χ3v) is 2.17. The number of hydrogen-bond acceptors (Lipinski definition) is 4. The van der Waals surface area contributed by atoms with Gasteiger partial charge in [-0.05, 0) is 31.2 Å². The maximum Gasteiger partial charge on any atom is 0.337 e. The number of esters is 1. The van der Waals surface area contributed by atoms with Crippen molar-refractivity contribution in [2.24, 2.45) is 0 Å². The van der Waals surface area contributed by atoms with Gasteiger partial charge in [0.1, 0.15) is 5.76 Å². The number of aromatic nitrogens is 1. The Labute approximate surface area is 92.9 Å². The maximum atomic E-state index is 11.2. The molecule has 82 valence electrons. The van der Waals surface area contributed by atoms with Crippen LogP contribution in [0.25, 0.3) is 11.5 Å². The Hall–Kier alpha value is -2.10. The maximum absolute atomic E-state index is 11.2. The monoisotopic (exact) mass is 217 g/mol. The van der Waals surface area contributed by atoms with Crippen LogP contribution in [0.1, 0.15) is 16.1 Å². The van der Waals surface area contributed by atoms with Gasteiger partial charge in [0.25, 0.3) is 0 Å². The Morgan fingerprint density at radius 2 is 2.00 bits per heavy atom. The molecule has 0 saturated carbocycles. The van der Waals surface area contributed by atoms with E-state index in [0.29, 0.717) is 11.5 Å². The lowest BCUT2D eigenvalue weighted by Crippen LogP contribution is -2.00. The fourth-order valence-electron chi connectivity index (χ4n) is 1.35. The van der Waals surface area contributed by atoms with Gasteiger partial charge in [-0.3, -0.25) is 0 Å². The molecule has 0 amide bonds. The van der Waals surface area contributed by atoms with Crippen LogP contribution in [0.2, 0.25) is 0 Å². The average Bonchev–Trinajstić information content (AvgIpc) is 2.75. The van der Waals surface area contributed by atoms with Gasteiger partial charge in [0, 0.05) is 5.56 Å². The number of ether oxygens (including phenoxy) is 1. The van der Waals surface area contributed by atoms with E-state index in [1.165, 1.54) is 7.11 Å². The summed E-state index contributed by atoms with van der Waals surface area (Å²) in [5, 5.41) is 0. The van der Waals surface area contributed by atoms with Crippen molar-refractivity contribution in [2.75, 3.05) is 7.11 Å². The molecule has 1 heterocycles. The van der Waals surface area contributed by atoms with Crippen LogP contribution in [0, 0.1) is 6.92 Å². The summed E-state index contributed by atoms with van der Waals surface area (Å²) in [6.07, 6.45) is 1.66. The van der Waals surface area contributed by atoms with Crippen LogP contribution in [0.4, 0.5) is 0 Å². The summed E-state index contributed by atoms with van der Waals surface area (Å²) < 4.78 is 9.98. The highest BCUT2D eigenvalue weighted by Gasteiger charge is 2.07. The largest absolute Gasteiger partial charge is 0.465 e. The zero-order valence-electron chi connectivity index (χ0n) is 9.06. The van der Waals surface area contributed by atoms with E-state index in [2.05, 4.69) is 9.72 Å². The molecule has 0 atom stereocenters. The second kappa shape index (κ2) is 4.18. The zero-order valence-corrected chi connectivity index (χ0v) is 9.06. The lowest BCUT2D eigenvalue weighted by molar-refractivity contribution is 0.0601. The molecule has 0 N–H and O–H groups in total. The molecule has 0 fully saturated rings. The number of aryl methyl sites for hydroxylation is 1. The van der Waals surface area contributed by atoms with E-state index < -0.39 is 0 Å². The molecule has 0 radical (unpaired) electrons. The van der Waals surface area contributed by atoms with E-state index in [1.807, 2.05) is 6.92 Å². The molecule has 0 spiro atoms. The Bertz CT molecular complexity index is 499. The smallest absolute Gasteiger partial charge is 0.337 e. The highest BCUT2D eigenvalue weighted by molar-refractivity contribution is 5.89. The Kier molecular flexibility index (Phi) is 2.72. The molecule has 2 aromatic rings. The van der Waals surface area contributed by atoms with Gasteiger partial charge < -0.3 is 9.15 Å². The molecular formula is C12H11NO3. The fraction of sp³-hybridized carbons (Fsp3) is 0.167. The van der Waals surface area contributed by atoms with Crippen LogP contribution in [-0.2, 0) is 4.74 Å². The molecule has 1 aromatic heterocycles. The molecule has 16 heavy (non-hydrogen) atoms. The summed E-state index contributed by atoms with van der Waals surface area (Å²) in [4.78, 5) is 15.3. The second-order valence-electron chi connectivity index (χ2n) is 3.34. The summed E-state index contributed by atoms with van der Waals surface area (Å²) >= 11 is 0. The summed E-state index contributed by atoms with van der Waals surface area (Å²) in [6.45, 7) is 1.83. The van der Waals surface area contributed by atoms with Gasteiger partial charge in [-0.1, -0.05) is 0 Å². The lowest BCUT2D eigenvalue weighted by atomic mass is 10.1. The minimum Gasteiger partial charge on any atom is -0.465 e. The minimum atomic E-state index is -0.352. The summed E-state index contributed by atoms with van der Waals surface area (Å²) in [5.41, 5.74) is 1.34. The number of hydrogen-bond donors (Lipinski definition) is 0. The molecule has 1 aromatic carbocycles. The van der Waals surface area contributed by atoms with Gasteiger partial charge in [-0.2, -0.15) is 0 Å². The Morgan fingerprint density at radius 1 is 1.31 bits per heavy atom. The number of rotatable bonds is 2. The second-order valence-corrected chi connectivity index (χ2v) is 3.34. The number of nitrogens with zero attached hydrogens (tertiary/aromatic N) is 1. The first kappa shape index (κ1) is 10.4. The van der Waals surface area contributed by atoms with Crippen LogP contribution in [0.15, 0.2) is 34.9 Å². The number of oxazole rings is 1. The van der Waals surface area contributed by atoms with E-state index in [1.54, 1.807) is 30.5 Å². The number of benzene rings is 1. The minimum absolute atomic E-state index is 0.352. The van der Waals surface area contributed by atoms with Crippen molar-refractivity contribution in [1.82, 2.24) is 4.98 Å². The first-order chi connectivity index (χ1) is 7.70. The predicted molar refractivity (Wildman–Crippen MR) is 58.0 cm³/mol. The third kappa shape index (κ3) is 1.95. The van der Waals surface area contributed by atoms with Crippen molar-refractivity contribution < 1.29 is 13.9 Å². The quantitative estimate of drug-likeness (QED) is 0.725. The van der Waals surface area contributed by atoms with Gasteiger partial charge in [0.15, 0.2) is 0 Å². The molecule has 0 aliphatic heterocycles. The van der Waals surface area contributed by atoms with Crippen molar-refractivity contribution in [3.05, 3.63) is 41.8 Å². The van der Waals surface area contributed by atoms with Crippen LogP contribution < -0.4 is 0 Å². The van der Waals surface area contributed by atoms with Crippen LogP contribution in [0.5, 0.6) is 0 Å². The predicted octanol–water partition coefficient (Wildman–Crippen LogP) is 2.44. The molecule has 0 aliphatic rings. The topological polar surface area (TPSA) is 52.3 Å². The number of carbonyl (C=O) groups excluding carboxylic acids is 1. The van der Waals surface area contributed by atoms with Gasteiger partial charge in [0.2, 0.25) is 5.89 Å². The molecule has 4 heteroatoms. The molecule has 2 rings (SSSR count). The highest BCUT2D eigenvalue weighted by atomic mass is 16.5. The van der Waals surface area contributed by atoms with E-state index in [0.717, 1.165) is 11.3 Å². The van der Waals surface area contributed by atoms with E-state index in [-0.39, 0.29) is 5.97 Å². The standard InChI is InChI=1S/C12H11NO3/c1-8-7-13-11(16-8)9-3-5-10(6-4-9)12(14)15-2/h3-7H,1-2H3. The molecule has 0 bridgehead atoms. The van der Waals surface area contributed by atoms with Gasteiger partial charge in [-0.25, -0.2) is 9.78 Å². The van der Waals surface area contributed by atoms with Crippen LogP contribution in [-0.4, -0.2) is 18.1 Å². The van der Waals surface area contributed by atoms with Crippen molar-refractivity contribution in [2.45, 2.75) is 6.92 Å². The Balaban J connectivity index is 2.29. The zero-order chi connectivity index (χ0) is 11.5. The summed E-state index contributed by atoms with van der Waals surface area (Å²) in [6, 6.07) is 6.91. The normalized spacial score (nSPS) is 10.1. The van der Waals surface area contributed by atoms with Crippen LogP contribution in [0.3, 0.4) is 0 Å². The third-order valence-electron chi connectivity index (χ3n) is 2.17. The lowest BCUT2D eigenvalue weighted by Gasteiger charge is -1.99. The van der Waals surface area contributed by atoms with Gasteiger partial charge >= 0.3 is 5.97 Å². The molecule has 0 aliphatic carbocycles. The van der Waals surface area contributed by atoms with Crippen molar-refractivity contribution in [1.29, 1.82) is 0 Å². The molecule has 0 unspecified atom stereocenters. The van der Waals surface area contributed by atoms with Gasteiger partial charge in [-0.15, -0.1) is 0 Å². The average molecular weight is 217 g/mol. The van der Waals surface area contributed by atoms with E-state index >= 15 is 0 Å². The van der Waals surface area contributed by atoms with E-state index in [4.69, 9.17) is 4.42 Å². The molecular weight excluding hydrogens is 206 g/mol. The van der Waals surface area contributed by atoms with Crippen LogP contribution >= 0.6 is 0 Å². The van der Waals surface area contributed by atoms with Crippen molar-refractivity contribution >= 4 is 5.97 Å². The molecule has 0 saturated heterocycles. The summed E-state index contributed by atoms with van der Waals surface area (Å²) in [7, 11) is 1.35. The van der Waals surface area contributed by atoms with E-state index in [9.17, 15) is 4.79 Å². The number of methoxy groups -OCH3 is 1. The fourth-order valence-corrected chi connectivity index (χ4v) is 1.35. The molecule has 4 nitrogen and oxygen atoms in total. The summed E-state index contributed by atoms with van der Waals surface area (Å²) in [5.74, 6) is 0.955. The highest BCUT2D eigenvalue weighted by Crippen LogP contribution is 2.19. The van der Waals surface area contributed by atoms with Gasteiger partial charge in [0.05, 0.1) is 18.9 Å². The first-order valence-electron chi connectivity index (χ1n) is 4.82.